The van der Waals surface area contributed by atoms with Gasteiger partial charge in [0.1, 0.15) is 5.69 Å². The minimum atomic E-state index is 0.598. The average Bonchev–Trinajstić information content (AvgIpc) is 2.88. The van der Waals surface area contributed by atoms with E-state index in [2.05, 4.69) is 15.3 Å². The second-order valence-corrected chi connectivity index (χ2v) is 5.30. The second kappa shape index (κ2) is 5.37. The predicted octanol–water partition coefficient (Wildman–Crippen LogP) is 4.59. The SMILES string of the molecule is CCNc1nc(C)c(C)nc1-c1cc2cccc(Cl)c2o1. The standard InChI is InChI=1S/C16H16ClN3O/c1-4-18-16-14(19-9(2)10(3)20-16)13-8-11-6-5-7-12(17)15(11)21-13/h5-8H,4H2,1-3H3,(H,18,20). The summed E-state index contributed by atoms with van der Waals surface area (Å²) in [6.07, 6.45) is 0. The highest BCUT2D eigenvalue weighted by molar-refractivity contribution is 6.34. The fourth-order valence-electron chi connectivity index (χ4n) is 2.21. The fourth-order valence-corrected chi connectivity index (χ4v) is 2.43. The molecule has 0 saturated carbocycles. The van der Waals surface area contributed by atoms with E-state index < -0.39 is 0 Å². The number of nitrogens with one attached hydrogen (secondary N) is 1. The number of benzene rings is 1. The second-order valence-electron chi connectivity index (χ2n) is 4.89. The molecule has 1 aromatic carbocycles. The summed E-state index contributed by atoms with van der Waals surface area (Å²) in [5.74, 6) is 1.40. The summed E-state index contributed by atoms with van der Waals surface area (Å²) >= 11 is 6.17. The molecule has 0 fully saturated rings. The maximum atomic E-state index is 6.17. The molecule has 0 aliphatic carbocycles. The van der Waals surface area contributed by atoms with Crippen molar-refractivity contribution >= 4 is 28.4 Å². The Morgan fingerprint density at radius 3 is 2.67 bits per heavy atom. The van der Waals surface area contributed by atoms with E-state index >= 15 is 0 Å². The Kier molecular flexibility index (Phi) is 3.55. The average molecular weight is 302 g/mol. The molecule has 0 spiro atoms. The maximum absolute atomic E-state index is 6.17. The number of rotatable bonds is 3. The van der Waals surface area contributed by atoms with Crippen molar-refractivity contribution in [3.05, 3.63) is 40.7 Å². The molecule has 2 heterocycles. The van der Waals surface area contributed by atoms with Gasteiger partial charge in [-0.3, -0.25) is 0 Å². The van der Waals surface area contributed by atoms with Gasteiger partial charge in [0.15, 0.2) is 17.2 Å². The van der Waals surface area contributed by atoms with Crippen molar-refractivity contribution in [2.75, 3.05) is 11.9 Å². The molecule has 21 heavy (non-hydrogen) atoms. The smallest absolute Gasteiger partial charge is 0.157 e. The zero-order valence-corrected chi connectivity index (χ0v) is 13.0. The minimum absolute atomic E-state index is 0.598. The number of anilines is 1. The first-order valence-electron chi connectivity index (χ1n) is 6.87. The van der Waals surface area contributed by atoms with Crippen LogP contribution in [0.4, 0.5) is 5.82 Å². The van der Waals surface area contributed by atoms with Crippen molar-refractivity contribution in [3.8, 4) is 11.5 Å². The van der Waals surface area contributed by atoms with E-state index in [1.807, 2.05) is 45.0 Å². The molecule has 5 heteroatoms. The van der Waals surface area contributed by atoms with E-state index in [9.17, 15) is 0 Å². The zero-order valence-electron chi connectivity index (χ0n) is 12.2. The maximum Gasteiger partial charge on any atom is 0.157 e. The Bertz CT molecular complexity index is 811. The Hall–Kier alpha value is -2.07. The first-order chi connectivity index (χ1) is 10.1. The van der Waals surface area contributed by atoms with Crippen molar-refractivity contribution in [3.63, 3.8) is 0 Å². The summed E-state index contributed by atoms with van der Waals surface area (Å²) < 4.78 is 5.89. The monoisotopic (exact) mass is 301 g/mol. The van der Waals surface area contributed by atoms with Crippen LogP contribution in [0.25, 0.3) is 22.4 Å². The minimum Gasteiger partial charge on any atom is -0.453 e. The third-order valence-electron chi connectivity index (χ3n) is 3.38. The topological polar surface area (TPSA) is 51.0 Å². The molecule has 2 aromatic heterocycles. The predicted molar refractivity (Wildman–Crippen MR) is 85.9 cm³/mol. The molecule has 3 rings (SSSR count). The van der Waals surface area contributed by atoms with Gasteiger partial charge in [-0.05, 0) is 32.9 Å². The van der Waals surface area contributed by atoms with Crippen LogP contribution in [0.5, 0.6) is 0 Å². The van der Waals surface area contributed by atoms with Crippen molar-refractivity contribution in [2.45, 2.75) is 20.8 Å². The number of aryl methyl sites for hydroxylation is 2. The quantitative estimate of drug-likeness (QED) is 0.768. The third-order valence-corrected chi connectivity index (χ3v) is 3.68. The molecule has 4 nitrogen and oxygen atoms in total. The van der Waals surface area contributed by atoms with Crippen LogP contribution in [0, 0.1) is 13.8 Å². The Balaban J connectivity index is 2.21. The molecule has 0 saturated heterocycles. The lowest BCUT2D eigenvalue weighted by Gasteiger charge is -2.09. The van der Waals surface area contributed by atoms with Crippen LogP contribution in [-0.2, 0) is 0 Å². The van der Waals surface area contributed by atoms with Crippen molar-refractivity contribution in [1.29, 1.82) is 0 Å². The molecule has 0 aliphatic rings. The van der Waals surface area contributed by atoms with E-state index in [4.69, 9.17) is 16.0 Å². The van der Waals surface area contributed by atoms with E-state index in [-0.39, 0.29) is 0 Å². The number of hydrogen-bond donors (Lipinski definition) is 1. The van der Waals surface area contributed by atoms with Gasteiger partial charge < -0.3 is 9.73 Å². The van der Waals surface area contributed by atoms with E-state index in [0.29, 0.717) is 22.1 Å². The molecule has 0 atom stereocenters. The highest BCUT2D eigenvalue weighted by Crippen LogP contribution is 2.34. The van der Waals surface area contributed by atoms with Crippen LogP contribution < -0.4 is 5.32 Å². The van der Waals surface area contributed by atoms with Crippen molar-refractivity contribution in [1.82, 2.24) is 9.97 Å². The van der Waals surface area contributed by atoms with Crippen LogP contribution in [0.2, 0.25) is 5.02 Å². The fraction of sp³-hybridized carbons (Fsp3) is 0.250. The van der Waals surface area contributed by atoms with E-state index in [1.54, 1.807) is 0 Å². The van der Waals surface area contributed by atoms with Gasteiger partial charge in [-0.2, -0.15) is 0 Å². The van der Waals surface area contributed by atoms with Crippen LogP contribution >= 0.6 is 11.6 Å². The van der Waals surface area contributed by atoms with Gasteiger partial charge in [0, 0.05) is 11.9 Å². The van der Waals surface area contributed by atoms with Gasteiger partial charge >= 0.3 is 0 Å². The summed E-state index contributed by atoms with van der Waals surface area (Å²) in [6.45, 7) is 6.68. The van der Waals surface area contributed by atoms with Crippen LogP contribution in [-0.4, -0.2) is 16.5 Å². The van der Waals surface area contributed by atoms with Gasteiger partial charge in [-0.15, -0.1) is 0 Å². The molecule has 108 valence electrons. The number of hydrogen-bond acceptors (Lipinski definition) is 4. The molecule has 0 radical (unpaired) electrons. The lowest BCUT2D eigenvalue weighted by Crippen LogP contribution is -2.05. The largest absolute Gasteiger partial charge is 0.453 e. The van der Waals surface area contributed by atoms with Crippen LogP contribution in [0.3, 0.4) is 0 Å². The number of halogens is 1. The van der Waals surface area contributed by atoms with Gasteiger partial charge in [0.05, 0.1) is 16.4 Å². The highest BCUT2D eigenvalue weighted by atomic mass is 35.5. The Morgan fingerprint density at radius 1 is 1.19 bits per heavy atom. The first-order valence-corrected chi connectivity index (χ1v) is 7.25. The molecule has 0 amide bonds. The van der Waals surface area contributed by atoms with Crippen molar-refractivity contribution in [2.24, 2.45) is 0 Å². The van der Waals surface area contributed by atoms with Crippen molar-refractivity contribution < 1.29 is 4.42 Å². The van der Waals surface area contributed by atoms with E-state index in [0.717, 1.165) is 29.1 Å². The Morgan fingerprint density at radius 2 is 1.95 bits per heavy atom. The Labute approximate surface area is 128 Å². The molecule has 0 aliphatic heterocycles. The number of para-hydroxylation sites is 1. The lowest BCUT2D eigenvalue weighted by atomic mass is 10.2. The summed E-state index contributed by atoms with van der Waals surface area (Å²) in [4.78, 5) is 9.19. The molecular weight excluding hydrogens is 286 g/mol. The summed E-state index contributed by atoms with van der Waals surface area (Å²) in [5.41, 5.74) is 3.19. The highest BCUT2D eigenvalue weighted by Gasteiger charge is 2.16. The number of furan rings is 1. The van der Waals surface area contributed by atoms with Crippen LogP contribution in [0.15, 0.2) is 28.7 Å². The number of fused-ring (bicyclic) bond motifs is 1. The van der Waals surface area contributed by atoms with Gasteiger partial charge in [0.2, 0.25) is 0 Å². The number of aromatic nitrogens is 2. The normalized spacial score (nSPS) is 11.0. The van der Waals surface area contributed by atoms with Crippen LogP contribution in [0.1, 0.15) is 18.3 Å². The third kappa shape index (κ3) is 2.47. The molecule has 0 bridgehead atoms. The first kappa shape index (κ1) is 13.9. The summed E-state index contributed by atoms with van der Waals surface area (Å²) in [6, 6.07) is 7.63. The molecule has 0 unspecified atom stereocenters. The molecule has 1 N–H and O–H groups in total. The lowest BCUT2D eigenvalue weighted by molar-refractivity contribution is 0.628. The summed E-state index contributed by atoms with van der Waals surface area (Å²) in [5, 5.41) is 4.79. The summed E-state index contributed by atoms with van der Waals surface area (Å²) in [7, 11) is 0. The van der Waals surface area contributed by atoms with E-state index in [1.165, 1.54) is 0 Å². The van der Waals surface area contributed by atoms with Gasteiger partial charge in [-0.25, -0.2) is 9.97 Å². The molecule has 3 aromatic rings. The van der Waals surface area contributed by atoms with Gasteiger partial charge in [0.25, 0.3) is 0 Å². The number of nitrogens with zero attached hydrogens (tertiary/aromatic N) is 2. The zero-order chi connectivity index (χ0) is 15.0. The van der Waals surface area contributed by atoms with Gasteiger partial charge in [-0.1, -0.05) is 23.7 Å². The molecular formula is C16H16ClN3O.